The molecule has 4 heteroatoms. The van der Waals surface area contributed by atoms with E-state index in [0.29, 0.717) is 6.04 Å². The van der Waals surface area contributed by atoms with Gasteiger partial charge >= 0.3 is 0 Å². The van der Waals surface area contributed by atoms with Crippen LogP contribution in [0.4, 0.5) is 5.82 Å². The summed E-state index contributed by atoms with van der Waals surface area (Å²) in [6.45, 7) is 3.36. The van der Waals surface area contributed by atoms with Crippen LogP contribution in [0.5, 0.6) is 0 Å². The first-order valence-electron chi connectivity index (χ1n) is 6.93. The number of nitrogens with zero attached hydrogens (tertiary/aromatic N) is 2. The van der Waals surface area contributed by atoms with Crippen LogP contribution in [0.15, 0.2) is 18.3 Å². The maximum atomic E-state index is 6.25. The van der Waals surface area contributed by atoms with Crippen molar-refractivity contribution in [3.05, 3.63) is 23.4 Å². The molecule has 3 rings (SSSR count). The average molecular weight is 266 g/mol. The van der Waals surface area contributed by atoms with Gasteiger partial charge in [-0.1, -0.05) is 11.6 Å². The number of anilines is 1. The number of hydrogen-bond donors (Lipinski definition) is 1. The van der Waals surface area contributed by atoms with E-state index in [2.05, 4.69) is 15.2 Å². The zero-order chi connectivity index (χ0) is 12.4. The Balaban J connectivity index is 1.72. The largest absolute Gasteiger partial charge is 0.355 e. The lowest BCUT2D eigenvalue weighted by Crippen LogP contribution is -2.43. The number of rotatable bonds is 2. The highest BCUT2D eigenvalue weighted by atomic mass is 35.5. The molecule has 0 saturated carbocycles. The van der Waals surface area contributed by atoms with Crippen LogP contribution in [0.2, 0.25) is 5.02 Å². The highest BCUT2D eigenvalue weighted by molar-refractivity contribution is 6.32. The Bertz CT molecular complexity index is 404. The zero-order valence-electron chi connectivity index (χ0n) is 10.6. The fourth-order valence-electron chi connectivity index (χ4n) is 3.25. The first-order valence-corrected chi connectivity index (χ1v) is 7.31. The van der Waals surface area contributed by atoms with Crippen molar-refractivity contribution < 1.29 is 0 Å². The quantitative estimate of drug-likeness (QED) is 0.891. The van der Waals surface area contributed by atoms with Crippen LogP contribution in [0.25, 0.3) is 0 Å². The molecule has 3 heterocycles. The van der Waals surface area contributed by atoms with Gasteiger partial charge in [0.2, 0.25) is 0 Å². The number of halogens is 1. The molecule has 3 nitrogen and oxygen atoms in total. The molecule has 2 fully saturated rings. The molecule has 18 heavy (non-hydrogen) atoms. The highest BCUT2D eigenvalue weighted by Crippen LogP contribution is 2.30. The van der Waals surface area contributed by atoms with Gasteiger partial charge < -0.3 is 10.2 Å². The molecule has 0 radical (unpaired) electrons. The molecule has 0 aliphatic carbocycles. The van der Waals surface area contributed by atoms with Gasteiger partial charge in [-0.3, -0.25) is 0 Å². The van der Waals surface area contributed by atoms with Crippen LogP contribution in [-0.4, -0.2) is 30.7 Å². The zero-order valence-corrected chi connectivity index (χ0v) is 11.4. The van der Waals surface area contributed by atoms with Crippen molar-refractivity contribution in [3.8, 4) is 0 Å². The highest BCUT2D eigenvalue weighted by Gasteiger charge is 2.29. The summed E-state index contributed by atoms with van der Waals surface area (Å²) in [5.74, 6) is 1.71. The molecule has 1 aromatic heterocycles. The lowest BCUT2D eigenvalue weighted by atomic mass is 9.90. The number of aromatic nitrogens is 1. The van der Waals surface area contributed by atoms with Gasteiger partial charge in [0.25, 0.3) is 0 Å². The minimum atomic E-state index is 0.704. The molecule has 0 amide bonds. The average Bonchev–Trinajstić information content (AvgIpc) is 2.93. The van der Waals surface area contributed by atoms with Crippen LogP contribution in [0.1, 0.15) is 25.7 Å². The summed E-state index contributed by atoms with van der Waals surface area (Å²) >= 11 is 6.25. The lowest BCUT2D eigenvalue weighted by molar-refractivity contribution is 0.328. The monoisotopic (exact) mass is 265 g/mol. The summed E-state index contributed by atoms with van der Waals surface area (Å²) in [5.41, 5.74) is 0. The third-order valence-electron chi connectivity index (χ3n) is 4.16. The standard InChI is InChI=1S/C14H20ClN3/c15-12-5-1-8-17-14(12)18-9-3-4-11(10-18)13-6-2-7-16-13/h1,5,8,11,13,16H,2-4,6-7,9-10H2. The van der Waals surface area contributed by atoms with E-state index >= 15 is 0 Å². The van der Waals surface area contributed by atoms with E-state index in [1.165, 1.54) is 32.2 Å². The molecular formula is C14H20ClN3. The molecule has 0 spiro atoms. The van der Waals surface area contributed by atoms with Crippen molar-refractivity contribution in [1.29, 1.82) is 0 Å². The van der Waals surface area contributed by atoms with E-state index in [1.54, 1.807) is 0 Å². The molecule has 98 valence electrons. The maximum Gasteiger partial charge on any atom is 0.147 e. The number of hydrogen-bond acceptors (Lipinski definition) is 3. The molecule has 0 bridgehead atoms. The van der Waals surface area contributed by atoms with Crippen molar-refractivity contribution in [3.63, 3.8) is 0 Å². The summed E-state index contributed by atoms with van der Waals surface area (Å²) in [4.78, 5) is 6.79. The van der Waals surface area contributed by atoms with Crippen LogP contribution < -0.4 is 10.2 Å². The van der Waals surface area contributed by atoms with E-state index in [9.17, 15) is 0 Å². The summed E-state index contributed by atoms with van der Waals surface area (Å²) in [7, 11) is 0. The predicted molar refractivity (Wildman–Crippen MR) is 75.2 cm³/mol. The van der Waals surface area contributed by atoms with E-state index in [-0.39, 0.29) is 0 Å². The molecule has 2 aliphatic rings. The van der Waals surface area contributed by atoms with Crippen LogP contribution >= 0.6 is 11.6 Å². The fraction of sp³-hybridized carbons (Fsp3) is 0.643. The number of pyridine rings is 1. The first kappa shape index (κ1) is 12.2. The third kappa shape index (κ3) is 2.47. The van der Waals surface area contributed by atoms with Gasteiger partial charge in [-0.05, 0) is 50.3 Å². The van der Waals surface area contributed by atoms with Gasteiger partial charge in [0.05, 0.1) is 5.02 Å². The minimum Gasteiger partial charge on any atom is -0.355 e. The maximum absolute atomic E-state index is 6.25. The third-order valence-corrected chi connectivity index (χ3v) is 4.46. The Morgan fingerprint density at radius 2 is 2.28 bits per heavy atom. The van der Waals surface area contributed by atoms with Gasteiger partial charge in [-0.25, -0.2) is 4.98 Å². The summed E-state index contributed by atoms with van der Waals surface area (Å²) in [6.07, 6.45) is 7.06. The van der Waals surface area contributed by atoms with Crippen molar-refractivity contribution >= 4 is 17.4 Å². The molecule has 2 unspecified atom stereocenters. The SMILES string of the molecule is Clc1cccnc1N1CCCC(C2CCCN2)C1. The molecule has 0 aromatic carbocycles. The summed E-state index contributed by atoms with van der Waals surface area (Å²) in [6, 6.07) is 4.53. The Labute approximate surface area is 114 Å². The molecule has 2 saturated heterocycles. The normalized spacial score (nSPS) is 28.6. The van der Waals surface area contributed by atoms with Crippen LogP contribution in [0.3, 0.4) is 0 Å². The van der Waals surface area contributed by atoms with E-state index < -0.39 is 0 Å². The van der Waals surface area contributed by atoms with E-state index in [4.69, 9.17) is 11.6 Å². The van der Waals surface area contributed by atoms with Gasteiger partial charge in [-0.15, -0.1) is 0 Å². The molecular weight excluding hydrogens is 246 g/mol. The number of nitrogens with one attached hydrogen (secondary N) is 1. The number of piperidine rings is 1. The Kier molecular flexibility index (Phi) is 3.71. The van der Waals surface area contributed by atoms with E-state index in [1.807, 2.05) is 18.3 Å². The van der Waals surface area contributed by atoms with Gasteiger partial charge in [-0.2, -0.15) is 0 Å². The predicted octanol–water partition coefficient (Wildman–Crippen LogP) is 2.70. The second-order valence-corrected chi connectivity index (χ2v) is 5.77. The Hall–Kier alpha value is -0.800. The van der Waals surface area contributed by atoms with Crippen molar-refractivity contribution in [1.82, 2.24) is 10.3 Å². The summed E-state index contributed by atoms with van der Waals surface area (Å²) in [5, 5.41) is 4.41. The fourth-order valence-corrected chi connectivity index (χ4v) is 3.50. The Morgan fingerprint density at radius 3 is 3.06 bits per heavy atom. The van der Waals surface area contributed by atoms with Crippen molar-refractivity contribution in [2.75, 3.05) is 24.5 Å². The topological polar surface area (TPSA) is 28.2 Å². The van der Waals surface area contributed by atoms with E-state index in [0.717, 1.165) is 29.8 Å². The minimum absolute atomic E-state index is 0.704. The molecule has 1 N–H and O–H groups in total. The molecule has 2 atom stereocenters. The van der Waals surface area contributed by atoms with Crippen molar-refractivity contribution in [2.24, 2.45) is 5.92 Å². The lowest BCUT2D eigenvalue weighted by Gasteiger charge is -2.36. The smallest absolute Gasteiger partial charge is 0.147 e. The molecule has 2 aliphatic heterocycles. The Morgan fingerprint density at radius 1 is 1.33 bits per heavy atom. The summed E-state index contributed by atoms with van der Waals surface area (Å²) < 4.78 is 0. The van der Waals surface area contributed by atoms with Gasteiger partial charge in [0, 0.05) is 25.3 Å². The van der Waals surface area contributed by atoms with Crippen molar-refractivity contribution in [2.45, 2.75) is 31.7 Å². The second kappa shape index (κ2) is 5.45. The van der Waals surface area contributed by atoms with Crippen LogP contribution in [-0.2, 0) is 0 Å². The van der Waals surface area contributed by atoms with Gasteiger partial charge in [0.1, 0.15) is 5.82 Å². The molecule has 1 aromatic rings. The second-order valence-electron chi connectivity index (χ2n) is 5.36. The first-order chi connectivity index (χ1) is 8.84. The van der Waals surface area contributed by atoms with Gasteiger partial charge in [0.15, 0.2) is 0 Å². The van der Waals surface area contributed by atoms with Crippen LogP contribution in [0, 0.1) is 5.92 Å².